The van der Waals surface area contributed by atoms with Crippen LogP contribution in [0.1, 0.15) is 17.5 Å². The quantitative estimate of drug-likeness (QED) is 0.711. The second kappa shape index (κ2) is 8.42. The van der Waals surface area contributed by atoms with E-state index in [1.54, 1.807) is 23.1 Å². The normalized spacial score (nSPS) is 19.3. The third-order valence-corrected chi connectivity index (χ3v) is 5.18. The van der Waals surface area contributed by atoms with Crippen LogP contribution in [0.4, 0.5) is 15.0 Å². The Morgan fingerprint density at radius 2 is 2.14 bits per heavy atom. The lowest BCUT2D eigenvalue weighted by atomic mass is 9.95. The van der Waals surface area contributed by atoms with Crippen LogP contribution in [0.3, 0.4) is 0 Å². The van der Waals surface area contributed by atoms with E-state index in [9.17, 15) is 9.18 Å². The molecule has 0 radical (unpaired) electrons. The van der Waals surface area contributed by atoms with Crippen molar-refractivity contribution in [3.05, 3.63) is 54.1 Å². The molecular weight excluding hydrogens is 375 g/mol. The van der Waals surface area contributed by atoms with E-state index in [4.69, 9.17) is 4.74 Å². The van der Waals surface area contributed by atoms with E-state index in [1.807, 2.05) is 31.2 Å². The van der Waals surface area contributed by atoms with E-state index >= 15 is 0 Å². The maximum atomic E-state index is 14.7. The third-order valence-electron chi connectivity index (χ3n) is 5.18. The number of piperidine rings is 1. The number of rotatable bonds is 5. The number of nitrogens with zero attached hydrogens (tertiary/aromatic N) is 5. The Morgan fingerprint density at radius 1 is 1.31 bits per heavy atom. The molecule has 0 unspecified atom stereocenters. The average molecular weight is 398 g/mol. The van der Waals surface area contributed by atoms with Crippen molar-refractivity contribution in [3.63, 3.8) is 0 Å². The molecular formula is C20H23FN6O2. The molecule has 1 fully saturated rings. The van der Waals surface area contributed by atoms with Gasteiger partial charge in [-0.2, -0.15) is 0 Å². The first-order valence-corrected chi connectivity index (χ1v) is 9.59. The van der Waals surface area contributed by atoms with E-state index < -0.39 is 12.3 Å². The summed E-state index contributed by atoms with van der Waals surface area (Å²) in [6.45, 7) is 3.13. The number of anilines is 1. The molecule has 1 aliphatic rings. The molecule has 1 N–H and O–H groups in total. The topological polar surface area (TPSA) is 84.6 Å². The Hall–Kier alpha value is -3.23. The van der Waals surface area contributed by atoms with Gasteiger partial charge in [-0.05, 0) is 18.9 Å². The number of nitrogens with one attached hydrogen (secondary N) is 1. The standard InChI is InChI=1S/C20H23FN6O2/c1-14-2-4-15(5-3-14)12-29-20(28)26-7-6-16(17(21)11-26)8-23-18-9-22-10-19-25-24-13-27(18)19/h2-5,9-10,13,16-17,23H,6-8,11-12H2,1H3/t16-,17-/m1/s1. The second-order valence-electron chi connectivity index (χ2n) is 7.28. The summed E-state index contributed by atoms with van der Waals surface area (Å²) < 4.78 is 21.8. The molecule has 0 aliphatic carbocycles. The number of hydrogen-bond acceptors (Lipinski definition) is 6. The molecule has 1 amide bonds. The zero-order valence-electron chi connectivity index (χ0n) is 16.2. The van der Waals surface area contributed by atoms with E-state index in [-0.39, 0.29) is 19.1 Å². The van der Waals surface area contributed by atoms with Crippen molar-refractivity contribution in [1.82, 2.24) is 24.5 Å². The third kappa shape index (κ3) is 4.44. The van der Waals surface area contributed by atoms with Gasteiger partial charge < -0.3 is 15.0 Å². The maximum Gasteiger partial charge on any atom is 0.410 e. The van der Waals surface area contributed by atoms with Crippen molar-refractivity contribution in [1.29, 1.82) is 0 Å². The number of hydrogen-bond donors (Lipinski definition) is 1. The lowest BCUT2D eigenvalue weighted by Gasteiger charge is -2.34. The zero-order chi connectivity index (χ0) is 20.2. The summed E-state index contributed by atoms with van der Waals surface area (Å²) in [6.07, 6.45) is 3.80. The summed E-state index contributed by atoms with van der Waals surface area (Å²) in [4.78, 5) is 17.8. The van der Waals surface area contributed by atoms with Gasteiger partial charge >= 0.3 is 6.09 Å². The van der Waals surface area contributed by atoms with Crippen molar-refractivity contribution in [3.8, 4) is 0 Å². The van der Waals surface area contributed by atoms with Gasteiger partial charge in [-0.25, -0.2) is 9.18 Å². The molecule has 1 aliphatic heterocycles. The number of alkyl halides is 1. The van der Waals surface area contributed by atoms with Crippen molar-refractivity contribution >= 4 is 17.6 Å². The number of ether oxygens (including phenoxy) is 1. The van der Waals surface area contributed by atoms with Crippen LogP contribution in [0, 0.1) is 12.8 Å². The Balaban J connectivity index is 1.27. The minimum Gasteiger partial charge on any atom is -0.445 e. The SMILES string of the molecule is Cc1ccc(COC(=O)N2CC[C@H](CNc3cncc4nncn34)[C@H](F)C2)cc1. The average Bonchev–Trinajstić information content (AvgIpc) is 3.22. The van der Waals surface area contributed by atoms with Crippen molar-refractivity contribution in [2.45, 2.75) is 26.1 Å². The van der Waals surface area contributed by atoms with Crippen molar-refractivity contribution in [2.24, 2.45) is 5.92 Å². The van der Waals surface area contributed by atoms with Crippen LogP contribution in [0.2, 0.25) is 0 Å². The molecule has 0 spiro atoms. The molecule has 1 saturated heterocycles. The largest absolute Gasteiger partial charge is 0.445 e. The number of likely N-dealkylation sites (tertiary alicyclic amines) is 1. The van der Waals surface area contributed by atoms with Crippen LogP contribution in [0.25, 0.3) is 5.65 Å². The van der Waals surface area contributed by atoms with Crippen LogP contribution in [0.15, 0.2) is 43.0 Å². The smallest absolute Gasteiger partial charge is 0.410 e. The summed E-state index contributed by atoms with van der Waals surface area (Å²) in [7, 11) is 0. The fourth-order valence-corrected chi connectivity index (χ4v) is 3.39. The highest BCUT2D eigenvalue weighted by Crippen LogP contribution is 2.22. The highest BCUT2D eigenvalue weighted by molar-refractivity contribution is 5.67. The Kier molecular flexibility index (Phi) is 5.55. The van der Waals surface area contributed by atoms with E-state index in [0.29, 0.717) is 31.0 Å². The van der Waals surface area contributed by atoms with Gasteiger partial charge in [0.05, 0.1) is 18.9 Å². The zero-order valence-corrected chi connectivity index (χ0v) is 16.2. The monoisotopic (exact) mass is 398 g/mol. The molecule has 0 saturated carbocycles. The lowest BCUT2D eigenvalue weighted by Crippen LogP contribution is -2.46. The molecule has 9 heteroatoms. The number of aryl methyl sites for hydroxylation is 1. The van der Waals surface area contributed by atoms with Gasteiger partial charge in [0.15, 0.2) is 5.65 Å². The van der Waals surface area contributed by atoms with Crippen molar-refractivity contribution in [2.75, 3.05) is 25.0 Å². The maximum absolute atomic E-state index is 14.7. The van der Waals surface area contributed by atoms with Crippen molar-refractivity contribution < 1.29 is 13.9 Å². The molecule has 2 aromatic heterocycles. The summed E-state index contributed by atoms with van der Waals surface area (Å²) >= 11 is 0. The van der Waals surface area contributed by atoms with Gasteiger partial charge in [0.25, 0.3) is 0 Å². The molecule has 3 aromatic rings. The highest BCUT2D eigenvalue weighted by atomic mass is 19.1. The molecule has 0 bridgehead atoms. The first-order chi connectivity index (χ1) is 14.1. The number of carbonyl (C=O) groups is 1. The van der Waals surface area contributed by atoms with Crippen LogP contribution >= 0.6 is 0 Å². The molecule has 1 aromatic carbocycles. The number of aromatic nitrogens is 4. The molecule has 4 rings (SSSR count). The van der Waals surface area contributed by atoms with E-state index in [2.05, 4.69) is 20.5 Å². The Morgan fingerprint density at radius 3 is 2.93 bits per heavy atom. The first-order valence-electron chi connectivity index (χ1n) is 9.59. The van der Waals surface area contributed by atoms with Crippen LogP contribution in [-0.2, 0) is 11.3 Å². The van der Waals surface area contributed by atoms with Crippen LogP contribution in [-0.4, -0.2) is 56.4 Å². The number of fused-ring (bicyclic) bond motifs is 1. The number of benzene rings is 1. The van der Waals surface area contributed by atoms with Crippen LogP contribution < -0.4 is 5.32 Å². The van der Waals surface area contributed by atoms with Gasteiger partial charge in [0, 0.05) is 19.0 Å². The van der Waals surface area contributed by atoms with E-state index in [1.165, 1.54) is 4.90 Å². The molecule has 152 valence electrons. The second-order valence-corrected chi connectivity index (χ2v) is 7.28. The van der Waals surface area contributed by atoms with Gasteiger partial charge in [-0.15, -0.1) is 10.2 Å². The van der Waals surface area contributed by atoms with Gasteiger partial charge in [0.1, 0.15) is 24.9 Å². The predicted octanol–water partition coefficient (Wildman–Crippen LogP) is 2.84. The molecule has 3 heterocycles. The summed E-state index contributed by atoms with van der Waals surface area (Å²) in [6, 6.07) is 7.78. The summed E-state index contributed by atoms with van der Waals surface area (Å²) in [5, 5.41) is 11.0. The van der Waals surface area contributed by atoms with Gasteiger partial charge in [0.2, 0.25) is 0 Å². The van der Waals surface area contributed by atoms with E-state index in [0.717, 1.165) is 11.1 Å². The Labute approximate surface area is 167 Å². The fraction of sp³-hybridized carbons (Fsp3) is 0.400. The molecule has 2 atom stereocenters. The number of halogens is 1. The lowest BCUT2D eigenvalue weighted by molar-refractivity contribution is 0.0544. The minimum absolute atomic E-state index is 0.0359. The number of carbonyl (C=O) groups excluding carboxylic acids is 1. The van der Waals surface area contributed by atoms with Gasteiger partial charge in [-0.1, -0.05) is 29.8 Å². The first kappa shape index (κ1) is 19.1. The highest BCUT2D eigenvalue weighted by Gasteiger charge is 2.32. The predicted molar refractivity (Wildman–Crippen MR) is 105 cm³/mol. The van der Waals surface area contributed by atoms with Crippen LogP contribution in [0.5, 0.6) is 0 Å². The molecule has 29 heavy (non-hydrogen) atoms. The summed E-state index contributed by atoms with van der Waals surface area (Å²) in [5.41, 5.74) is 2.68. The fourth-order valence-electron chi connectivity index (χ4n) is 3.39. The number of amides is 1. The summed E-state index contributed by atoms with van der Waals surface area (Å²) in [5.74, 6) is 0.502. The van der Waals surface area contributed by atoms with Gasteiger partial charge in [-0.3, -0.25) is 9.38 Å². The molecule has 8 nitrogen and oxygen atoms in total. The minimum atomic E-state index is -1.13. The Bertz CT molecular complexity index is 977.